The molecule has 0 saturated carbocycles. The Morgan fingerprint density at radius 1 is 1.21 bits per heavy atom. The number of fused-ring (bicyclic) bond motifs is 1. The van der Waals surface area contributed by atoms with Crippen molar-refractivity contribution >= 4 is 6.29 Å². The first kappa shape index (κ1) is 9.25. The second-order valence-corrected chi connectivity index (χ2v) is 3.69. The fourth-order valence-corrected chi connectivity index (χ4v) is 2.05. The van der Waals surface area contributed by atoms with E-state index >= 15 is 0 Å². The molecule has 2 nitrogen and oxygen atoms in total. The van der Waals surface area contributed by atoms with Crippen molar-refractivity contribution in [3.63, 3.8) is 0 Å². The lowest BCUT2D eigenvalue weighted by atomic mass is 9.90. The molecule has 14 heavy (non-hydrogen) atoms. The average molecular weight is 190 g/mol. The molecule has 2 heteroatoms. The lowest BCUT2D eigenvalue weighted by molar-refractivity contribution is 0.112. The van der Waals surface area contributed by atoms with Gasteiger partial charge in [-0.05, 0) is 48.9 Å². The van der Waals surface area contributed by atoms with Gasteiger partial charge in [0.1, 0.15) is 5.75 Å². The number of hydrogen-bond donors (Lipinski definition) is 0. The summed E-state index contributed by atoms with van der Waals surface area (Å²) in [5.41, 5.74) is 3.34. The summed E-state index contributed by atoms with van der Waals surface area (Å²) in [6, 6.07) is 3.98. The van der Waals surface area contributed by atoms with Gasteiger partial charge in [-0.15, -0.1) is 0 Å². The number of hydrogen-bond acceptors (Lipinski definition) is 2. The van der Waals surface area contributed by atoms with E-state index in [1.54, 1.807) is 7.11 Å². The van der Waals surface area contributed by atoms with Crippen LogP contribution in [0.25, 0.3) is 0 Å². The van der Waals surface area contributed by atoms with Crippen LogP contribution < -0.4 is 4.74 Å². The van der Waals surface area contributed by atoms with E-state index in [9.17, 15) is 4.79 Å². The Kier molecular flexibility index (Phi) is 2.53. The molecule has 74 valence electrons. The van der Waals surface area contributed by atoms with Crippen LogP contribution in [0.1, 0.15) is 34.3 Å². The predicted octanol–water partition coefficient (Wildman–Crippen LogP) is 2.39. The minimum absolute atomic E-state index is 0.674. The van der Waals surface area contributed by atoms with Crippen LogP contribution in [0.2, 0.25) is 0 Å². The van der Waals surface area contributed by atoms with Crippen LogP contribution in [0.4, 0.5) is 0 Å². The number of carbonyl (C=O) groups is 1. The zero-order valence-electron chi connectivity index (χ0n) is 8.38. The fourth-order valence-electron chi connectivity index (χ4n) is 2.05. The molecule has 0 aromatic heterocycles. The normalized spacial score (nSPS) is 14.6. The Balaban J connectivity index is 2.48. The van der Waals surface area contributed by atoms with Gasteiger partial charge in [0.25, 0.3) is 0 Å². The molecule has 1 aliphatic rings. The van der Waals surface area contributed by atoms with E-state index < -0.39 is 0 Å². The van der Waals surface area contributed by atoms with E-state index in [0.29, 0.717) is 11.3 Å². The summed E-state index contributed by atoms with van der Waals surface area (Å²) in [6.45, 7) is 0. The van der Waals surface area contributed by atoms with Crippen LogP contribution >= 0.6 is 0 Å². The predicted molar refractivity (Wildman–Crippen MR) is 55.0 cm³/mol. The van der Waals surface area contributed by atoms with Gasteiger partial charge >= 0.3 is 0 Å². The number of aldehydes is 1. The molecule has 1 aromatic rings. The van der Waals surface area contributed by atoms with Crippen molar-refractivity contribution in [3.05, 3.63) is 28.8 Å². The number of aryl methyl sites for hydroxylation is 2. The third-order valence-electron chi connectivity index (χ3n) is 2.82. The van der Waals surface area contributed by atoms with Gasteiger partial charge in [-0.25, -0.2) is 0 Å². The Morgan fingerprint density at radius 3 is 2.43 bits per heavy atom. The lowest BCUT2D eigenvalue weighted by Gasteiger charge is -2.17. The summed E-state index contributed by atoms with van der Waals surface area (Å²) in [5, 5.41) is 0. The standard InChI is InChI=1S/C12H14O2/c1-14-12-7-10-5-3-2-4-9(10)6-11(12)8-13/h6-8H,2-5H2,1H3. The molecule has 2 rings (SSSR count). The quantitative estimate of drug-likeness (QED) is 0.669. The molecule has 0 unspecified atom stereocenters. The Morgan fingerprint density at radius 2 is 1.86 bits per heavy atom. The van der Waals surface area contributed by atoms with Gasteiger partial charge in [-0.3, -0.25) is 4.79 Å². The summed E-state index contributed by atoms with van der Waals surface area (Å²) < 4.78 is 5.17. The first-order chi connectivity index (χ1) is 6.85. The van der Waals surface area contributed by atoms with Crippen molar-refractivity contribution in [3.8, 4) is 5.75 Å². The molecule has 0 amide bonds. The molecule has 1 aromatic carbocycles. The first-order valence-electron chi connectivity index (χ1n) is 5.00. The summed E-state index contributed by atoms with van der Waals surface area (Å²) >= 11 is 0. The van der Waals surface area contributed by atoms with Gasteiger partial charge in [0.15, 0.2) is 6.29 Å². The van der Waals surface area contributed by atoms with E-state index in [1.165, 1.54) is 24.0 Å². The van der Waals surface area contributed by atoms with Gasteiger partial charge in [-0.1, -0.05) is 0 Å². The van der Waals surface area contributed by atoms with Crippen molar-refractivity contribution in [1.82, 2.24) is 0 Å². The van der Waals surface area contributed by atoms with E-state index in [2.05, 4.69) is 0 Å². The van der Waals surface area contributed by atoms with E-state index in [0.717, 1.165) is 19.1 Å². The topological polar surface area (TPSA) is 26.3 Å². The molecular formula is C12H14O2. The van der Waals surface area contributed by atoms with Crippen LogP contribution in [0.5, 0.6) is 5.75 Å². The highest BCUT2D eigenvalue weighted by molar-refractivity contribution is 5.80. The van der Waals surface area contributed by atoms with Gasteiger partial charge in [0.2, 0.25) is 0 Å². The molecule has 0 bridgehead atoms. The molecular weight excluding hydrogens is 176 g/mol. The minimum Gasteiger partial charge on any atom is -0.496 e. The zero-order valence-corrected chi connectivity index (χ0v) is 8.38. The monoisotopic (exact) mass is 190 g/mol. The summed E-state index contributed by atoms with van der Waals surface area (Å²) in [6.07, 6.45) is 5.56. The molecule has 0 N–H and O–H groups in total. The number of benzene rings is 1. The largest absolute Gasteiger partial charge is 0.496 e. The maximum atomic E-state index is 10.8. The molecule has 0 saturated heterocycles. The maximum Gasteiger partial charge on any atom is 0.153 e. The molecule has 0 heterocycles. The number of ether oxygens (including phenoxy) is 1. The molecule has 0 fully saturated rings. The van der Waals surface area contributed by atoms with Crippen molar-refractivity contribution < 1.29 is 9.53 Å². The van der Waals surface area contributed by atoms with E-state index in [4.69, 9.17) is 4.74 Å². The van der Waals surface area contributed by atoms with Gasteiger partial charge in [-0.2, -0.15) is 0 Å². The molecule has 0 radical (unpaired) electrons. The van der Waals surface area contributed by atoms with Crippen molar-refractivity contribution in [2.45, 2.75) is 25.7 Å². The van der Waals surface area contributed by atoms with Crippen LogP contribution in [-0.2, 0) is 12.8 Å². The lowest BCUT2D eigenvalue weighted by Crippen LogP contribution is -2.04. The summed E-state index contributed by atoms with van der Waals surface area (Å²) in [4.78, 5) is 10.8. The van der Waals surface area contributed by atoms with E-state index in [-0.39, 0.29) is 0 Å². The Hall–Kier alpha value is -1.31. The van der Waals surface area contributed by atoms with Crippen molar-refractivity contribution in [1.29, 1.82) is 0 Å². The number of rotatable bonds is 2. The Labute approximate surface area is 83.9 Å². The maximum absolute atomic E-state index is 10.8. The molecule has 0 spiro atoms. The summed E-state index contributed by atoms with van der Waals surface area (Å²) in [7, 11) is 1.61. The SMILES string of the molecule is COc1cc2c(cc1C=O)CCCC2. The fraction of sp³-hybridized carbons (Fsp3) is 0.417. The van der Waals surface area contributed by atoms with Gasteiger partial charge in [0.05, 0.1) is 12.7 Å². The van der Waals surface area contributed by atoms with Crippen molar-refractivity contribution in [2.75, 3.05) is 7.11 Å². The highest BCUT2D eigenvalue weighted by atomic mass is 16.5. The highest BCUT2D eigenvalue weighted by Crippen LogP contribution is 2.27. The molecule has 0 atom stereocenters. The van der Waals surface area contributed by atoms with Crippen LogP contribution in [0.3, 0.4) is 0 Å². The first-order valence-corrected chi connectivity index (χ1v) is 5.00. The second-order valence-electron chi connectivity index (χ2n) is 3.69. The van der Waals surface area contributed by atoms with Crippen LogP contribution in [-0.4, -0.2) is 13.4 Å². The smallest absolute Gasteiger partial charge is 0.153 e. The van der Waals surface area contributed by atoms with Gasteiger partial charge < -0.3 is 4.74 Å². The minimum atomic E-state index is 0.674. The number of carbonyl (C=O) groups excluding carboxylic acids is 1. The second kappa shape index (κ2) is 3.82. The van der Waals surface area contributed by atoms with Gasteiger partial charge in [0, 0.05) is 0 Å². The molecule has 0 aliphatic heterocycles. The molecule has 1 aliphatic carbocycles. The third kappa shape index (κ3) is 1.52. The zero-order chi connectivity index (χ0) is 9.97. The average Bonchev–Trinajstić information content (AvgIpc) is 2.27. The summed E-state index contributed by atoms with van der Waals surface area (Å²) in [5.74, 6) is 0.709. The van der Waals surface area contributed by atoms with Crippen LogP contribution in [0.15, 0.2) is 12.1 Å². The van der Waals surface area contributed by atoms with Crippen LogP contribution in [0, 0.1) is 0 Å². The third-order valence-corrected chi connectivity index (χ3v) is 2.82. The number of methoxy groups -OCH3 is 1. The Bertz CT molecular complexity index is 356. The van der Waals surface area contributed by atoms with E-state index in [1.807, 2.05) is 12.1 Å². The van der Waals surface area contributed by atoms with Crippen molar-refractivity contribution in [2.24, 2.45) is 0 Å². The highest BCUT2D eigenvalue weighted by Gasteiger charge is 2.13.